The lowest BCUT2D eigenvalue weighted by Crippen LogP contribution is -2.33. The van der Waals surface area contributed by atoms with Crippen LogP contribution in [0.3, 0.4) is 0 Å². The Morgan fingerprint density at radius 3 is 2.46 bits per heavy atom. The largest absolute Gasteiger partial charge is 0.447 e. The third-order valence-electron chi connectivity index (χ3n) is 4.02. The Kier molecular flexibility index (Phi) is 5.59. The number of hydrogen-bond acceptors (Lipinski definition) is 6. The molecule has 8 nitrogen and oxygen atoms in total. The summed E-state index contributed by atoms with van der Waals surface area (Å²) >= 11 is 0. The molecule has 0 saturated carbocycles. The van der Waals surface area contributed by atoms with E-state index in [-0.39, 0.29) is 23.4 Å². The van der Waals surface area contributed by atoms with Gasteiger partial charge in [-0.1, -0.05) is 31.2 Å². The lowest BCUT2D eigenvalue weighted by Gasteiger charge is -2.17. The molecule has 8 heteroatoms. The van der Waals surface area contributed by atoms with Gasteiger partial charge in [-0.3, -0.25) is 14.6 Å². The lowest BCUT2D eigenvalue weighted by molar-refractivity contribution is -0.124. The van der Waals surface area contributed by atoms with Gasteiger partial charge in [0, 0.05) is 0 Å². The van der Waals surface area contributed by atoms with E-state index in [1.807, 2.05) is 6.07 Å². The third kappa shape index (κ3) is 4.12. The molecule has 1 unspecified atom stereocenters. The van der Waals surface area contributed by atoms with Gasteiger partial charge < -0.3 is 15.8 Å². The second-order valence-corrected chi connectivity index (χ2v) is 5.95. The molecule has 3 N–H and O–H groups in total. The number of carbonyl (C=O) groups excluding carboxylic acids is 3. The van der Waals surface area contributed by atoms with E-state index in [1.165, 1.54) is 12.3 Å². The summed E-state index contributed by atoms with van der Waals surface area (Å²) in [7, 11) is 0. The Morgan fingerprint density at radius 1 is 1.07 bits per heavy atom. The molecule has 0 aliphatic rings. The van der Waals surface area contributed by atoms with E-state index in [0.717, 1.165) is 0 Å². The van der Waals surface area contributed by atoms with Gasteiger partial charge in [0.25, 0.3) is 11.8 Å². The Bertz CT molecular complexity index is 1050. The van der Waals surface area contributed by atoms with E-state index < -0.39 is 23.9 Å². The summed E-state index contributed by atoms with van der Waals surface area (Å²) in [5.41, 5.74) is 6.92. The van der Waals surface area contributed by atoms with Gasteiger partial charge in [0.2, 0.25) is 0 Å². The van der Waals surface area contributed by atoms with Crippen LogP contribution in [0.1, 0.15) is 34.2 Å². The number of primary amides is 1. The normalized spacial score (nSPS) is 11.6. The standard InChI is InChI=1S/C20H18N4O4/c1-2-17(19(26)24-13-8-4-3-7-12(13)18(21)25)28-20(27)16-11-22-14-9-5-6-10-15(14)23-16/h3-11,17H,2H2,1H3,(H2,21,25)(H,24,26). The smallest absolute Gasteiger partial charge is 0.359 e. The van der Waals surface area contributed by atoms with Crippen LogP contribution < -0.4 is 11.1 Å². The first-order valence-electron chi connectivity index (χ1n) is 8.62. The molecule has 3 aromatic rings. The van der Waals surface area contributed by atoms with E-state index in [1.54, 1.807) is 43.3 Å². The molecule has 1 atom stereocenters. The van der Waals surface area contributed by atoms with E-state index in [4.69, 9.17) is 10.5 Å². The summed E-state index contributed by atoms with van der Waals surface area (Å²) in [5.74, 6) is -2.01. The highest BCUT2D eigenvalue weighted by atomic mass is 16.5. The van der Waals surface area contributed by atoms with Crippen LogP contribution in [-0.4, -0.2) is 33.9 Å². The quantitative estimate of drug-likeness (QED) is 0.634. The number of rotatable bonds is 6. The van der Waals surface area contributed by atoms with E-state index in [2.05, 4.69) is 15.3 Å². The second-order valence-electron chi connectivity index (χ2n) is 5.95. The topological polar surface area (TPSA) is 124 Å². The van der Waals surface area contributed by atoms with Crippen molar-refractivity contribution in [3.8, 4) is 0 Å². The highest BCUT2D eigenvalue weighted by Gasteiger charge is 2.24. The summed E-state index contributed by atoms with van der Waals surface area (Å²) < 4.78 is 5.30. The molecule has 2 aromatic carbocycles. The number of amides is 2. The molecule has 0 fully saturated rings. The van der Waals surface area contributed by atoms with Gasteiger partial charge in [0.1, 0.15) is 0 Å². The highest BCUT2D eigenvalue weighted by molar-refractivity contribution is 6.04. The number of hydrogen-bond donors (Lipinski definition) is 2. The number of carbonyl (C=O) groups is 3. The number of benzene rings is 2. The first kappa shape index (κ1) is 19.0. The van der Waals surface area contributed by atoms with Gasteiger partial charge in [-0.2, -0.15) is 0 Å². The van der Waals surface area contributed by atoms with Crippen LogP contribution in [0, 0.1) is 0 Å². The minimum absolute atomic E-state index is 0.00230. The lowest BCUT2D eigenvalue weighted by atomic mass is 10.1. The van der Waals surface area contributed by atoms with Crippen molar-refractivity contribution in [2.45, 2.75) is 19.4 Å². The number of fused-ring (bicyclic) bond motifs is 1. The summed E-state index contributed by atoms with van der Waals surface area (Å²) in [4.78, 5) is 44.8. The molecule has 142 valence electrons. The number of esters is 1. The molecular weight excluding hydrogens is 360 g/mol. The molecule has 0 spiro atoms. The SMILES string of the molecule is CCC(OC(=O)c1cnc2ccccc2n1)C(=O)Nc1ccccc1C(N)=O. The van der Waals surface area contributed by atoms with E-state index in [9.17, 15) is 14.4 Å². The average molecular weight is 378 g/mol. The average Bonchev–Trinajstić information content (AvgIpc) is 2.71. The van der Waals surface area contributed by atoms with Gasteiger partial charge in [0.05, 0.1) is 28.5 Å². The Labute approximate surface area is 160 Å². The van der Waals surface area contributed by atoms with Gasteiger partial charge >= 0.3 is 5.97 Å². The number of nitrogens with two attached hydrogens (primary N) is 1. The van der Waals surface area contributed by atoms with Gasteiger partial charge in [-0.05, 0) is 30.7 Å². The maximum absolute atomic E-state index is 12.5. The zero-order chi connectivity index (χ0) is 20.1. The molecule has 3 rings (SSSR count). The van der Waals surface area contributed by atoms with Gasteiger partial charge in [0.15, 0.2) is 11.8 Å². The van der Waals surface area contributed by atoms with Crippen molar-refractivity contribution in [3.63, 3.8) is 0 Å². The Morgan fingerprint density at radius 2 is 1.75 bits per heavy atom. The Hall–Kier alpha value is -3.81. The van der Waals surface area contributed by atoms with Crippen LogP contribution in [0.4, 0.5) is 5.69 Å². The number of nitrogens with zero attached hydrogens (tertiary/aromatic N) is 2. The van der Waals surface area contributed by atoms with Crippen molar-refractivity contribution in [2.75, 3.05) is 5.32 Å². The van der Waals surface area contributed by atoms with Crippen LogP contribution in [-0.2, 0) is 9.53 Å². The van der Waals surface area contributed by atoms with E-state index >= 15 is 0 Å². The summed E-state index contributed by atoms with van der Waals surface area (Å²) in [6.07, 6.45) is 0.469. The number of anilines is 1. The molecule has 1 aromatic heterocycles. The molecule has 28 heavy (non-hydrogen) atoms. The fraction of sp³-hybridized carbons (Fsp3) is 0.150. The zero-order valence-corrected chi connectivity index (χ0v) is 15.1. The maximum atomic E-state index is 12.5. The van der Waals surface area contributed by atoms with Crippen LogP contribution in [0.5, 0.6) is 0 Å². The molecule has 0 radical (unpaired) electrons. The summed E-state index contributed by atoms with van der Waals surface area (Å²) in [5, 5.41) is 2.58. The summed E-state index contributed by atoms with van der Waals surface area (Å²) in [6, 6.07) is 13.4. The molecule has 2 amide bonds. The zero-order valence-electron chi connectivity index (χ0n) is 15.1. The van der Waals surface area contributed by atoms with Crippen molar-refractivity contribution in [1.82, 2.24) is 9.97 Å². The first-order valence-corrected chi connectivity index (χ1v) is 8.62. The molecule has 0 aliphatic carbocycles. The fourth-order valence-electron chi connectivity index (χ4n) is 2.59. The van der Waals surface area contributed by atoms with Crippen LogP contribution in [0.15, 0.2) is 54.7 Å². The molecule has 0 saturated heterocycles. The van der Waals surface area contributed by atoms with E-state index in [0.29, 0.717) is 11.0 Å². The van der Waals surface area contributed by atoms with Crippen molar-refractivity contribution >= 4 is 34.5 Å². The molecule has 1 heterocycles. The predicted octanol–water partition coefficient (Wildman–Crippen LogP) is 2.30. The monoisotopic (exact) mass is 378 g/mol. The van der Waals surface area contributed by atoms with Gasteiger partial charge in [-0.15, -0.1) is 0 Å². The van der Waals surface area contributed by atoms with Crippen LogP contribution in [0.25, 0.3) is 11.0 Å². The van der Waals surface area contributed by atoms with Crippen molar-refractivity contribution in [2.24, 2.45) is 5.73 Å². The number of aromatic nitrogens is 2. The maximum Gasteiger partial charge on any atom is 0.359 e. The molecular formula is C20H18N4O4. The second kappa shape index (κ2) is 8.26. The number of ether oxygens (including phenoxy) is 1. The predicted molar refractivity (Wildman–Crippen MR) is 103 cm³/mol. The number of nitrogens with one attached hydrogen (secondary N) is 1. The highest BCUT2D eigenvalue weighted by Crippen LogP contribution is 2.16. The fourth-order valence-corrected chi connectivity index (χ4v) is 2.59. The Balaban J connectivity index is 1.74. The molecule has 0 aliphatic heterocycles. The first-order chi connectivity index (χ1) is 13.5. The van der Waals surface area contributed by atoms with Gasteiger partial charge in [-0.25, -0.2) is 9.78 Å². The van der Waals surface area contributed by atoms with Crippen molar-refractivity contribution in [1.29, 1.82) is 0 Å². The van der Waals surface area contributed by atoms with Crippen LogP contribution >= 0.6 is 0 Å². The summed E-state index contributed by atoms with van der Waals surface area (Å²) in [6.45, 7) is 1.70. The van der Waals surface area contributed by atoms with Crippen molar-refractivity contribution < 1.29 is 19.1 Å². The van der Waals surface area contributed by atoms with Crippen molar-refractivity contribution in [3.05, 3.63) is 66.0 Å². The third-order valence-corrected chi connectivity index (χ3v) is 4.02. The molecule has 0 bridgehead atoms. The van der Waals surface area contributed by atoms with Crippen LogP contribution in [0.2, 0.25) is 0 Å². The minimum Gasteiger partial charge on any atom is -0.447 e. The minimum atomic E-state index is -1.07. The number of para-hydroxylation sites is 3.